The Morgan fingerprint density at radius 2 is 1.76 bits per heavy atom. The summed E-state index contributed by atoms with van der Waals surface area (Å²) in [7, 11) is 4.71. The number of benzene rings is 2. The molecular formula is C52H73N7O9S4. The molecule has 394 valence electrons. The fraction of sp³-hybridized carbons (Fsp3) is 0.500. The van der Waals surface area contributed by atoms with Crippen LogP contribution in [0.25, 0.3) is 33.3 Å². The zero-order chi connectivity index (χ0) is 48.9. The van der Waals surface area contributed by atoms with Crippen LogP contribution < -0.4 is 10.7 Å². The lowest BCUT2D eigenvalue weighted by molar-refractivity contribution is -0.155. The van der Waals surface area contributed by atoms with E-state index < -0.39 is 53.1 Å². The second-order valence-corrected chi connectivity index (χ2v) is 19.3. The summed E-state index contributed by atoms with van der Waals surface area (Å²) >= 11 is 0. The first-order valence-electron chi connectivity index (χ1n) is 23.5. The number of esters is 1. The molecule has 0 saturated carbocycles. The number of methoxy groups -OCH3 is 2. The maximum absolute atomic E-state index is 14.7. The van der Waals surface area contributed by atoms with Gasteiger partial charge in [0.1, 0.15) is 30.5 Å². The van der Waals surface area contributed by atoms with Crippen LogP contribution in [-0.2, 0) is 64.2 Å². The van der Waals surface area contributed by atoms with Crippen LogP contribution in [0.1, 0.15) is 70.7 Å². The Morgan fingerprint density at radius 3 is 2.46 bits per heavy atom. The largest absolute Gasteiger partial charge is 0.508 e. The first-order chi connectivity index (χ1) is 32.5. The van der Waals surface area contributed by atoms with Gasteiger partial charge in [0.05, 0.1) is 30.5 Å². The maximum atomic E-state index is 14.7. The van der Waals surface area contributed by atoms with E-state index in [4.69, 9.17) is 19.2 Å². The van der Waals surface area contributed by atoms with E-state index in [0.717, 1.165) is 39.0 Å². The van der Waals surface area contributed by atoms with Crippen LogP contribution in [0.5, 0.6) is 5.75 Å². The molecule has 3 aliphatic rings. The lowest BCUT2D eigenvalue weighted by Gasteiger charge is -2.37. The SMILES string of the molecule is CCn1c(-c2cccnc2COC)c2c3cc(ccc31)-c1cc(O)cc(c1)C[C@H](NC(=O)[C@H](C(C)C)N(C)C(=O)[C@H]1CCN(C(=O)C#CCOC)C1)C(=O)N1CCC[C@H](N1)C(=O)OCC(C)(C)C2.S.S.S.S. The zero-order valence-electron chi connectivity index (χ0n) is 42.5. The second-order valence-electron chi connectivity index (χ2n) is 19.3. The molecule has 3 aliphatic heterocycles. The number of carbonyl (C=O) groups excluding carboxylic acids is 5. The second kappa shape index (κ2) is 26.9. The van der Waals surface area contributed by atoms with Gasteiger partial charge in [0, 0.05) is 81.9 Å². The molecule has 72 heavy (non-hydrogen) atoms. The molecule has 0 unspecified atom stereocenters. The molecule has 5 heterocycles. The van der Waals surface area contributed by atoms with Crippen molar-refractivity contribution in [3.05, 3.63) is 71.5 Å². The molecule has 0 aliphatic carbocycles. The third-order valence-electron chi connectivity index (χ3n) is 13.2. The summed E-state index contributed by atoms with van der Waals surface area (Å²) in [5, 5.41) is 16.7. The Kier molecular flexibility index (Phi) is 22.9. The molecular weight excluding hydrogens is 995 g/mol. The summed E-state index contributed by atoms with van der Waals surface area (Å²) in [6.07, 6.45) is 3.63. The van der Waals surface area contributed by atoms with Gasteiger partial charge >= 0.3 is 5.97 Å². The fourth-order valence-electron chi connectivity index (χ4n) is 9.94. The van der Waals surface area contributed by atoms with E-state index in [9.17, 15) is 29.1 Å². The highest BCUT2D eigenvalue weighted by molar-refractivity contribution is 7.59. The number of nitrogens with zero attached hydrogens (tertiary/aromatic N) is 5. The number of hydrogen-bond acceptors (Lipinski definition) is 11. The summed E-state index contributed by atoms with van der Waals surface area (Å²) in [6, 6.07) is 12.4. The van der Waals surface area contributed by atoms with E-state index in [-0.39, 0.29) is 104 Å². The maximum Gasteiger partial charge on any atom is 0.324 e. The Morgan fingerprint density at radius 1 is 1.01 bits per heavy atom. The van der Waals surface area contributed by atoms with Crippen LogP contribution >= 0.6 is 54.0 Å². The van der Waals surface area contributed by atoms with Crippen molar-refractivity contribution in [2.45, 2.75) is 98.0 Å². The third-order valence-corrected chi connectivity index (χ3v) is 13.2. The van der Waals surface area contributed by atoms with Gasteiger partial charge in [0.2, 0.25) is 11.8 Å². The number of aromatic nitrogens is 2. The van der Waals surface area contributed by atoms with Crippen molar-refractivity contribution in [1.82, 2.24) is 35.1 Å². The van der Waals surface area contributed by atoms with E-state index in [2.05, 4.69) is 66.1 Å². The van der Waals surface area contributed by atoms with Crippen LogP contribution in [0.3, 0.4) is 0 Å². The number of hydrazine groups is 1. The highest BCUT2D eigenvalue weighted by Crippen LogP contribution is 2.41. The number of carbonyl (C=O) groups is 5. The third kappa shape index (κ3) is 13.8. The van der Waals surface area contributed by atoms with Crippen molar-refractivity contribution in [2.24, 2.45) is 17.3 Å². The van der Waals surface area contributed by atoms with Gasteiger partial charge in [0.15, 0.2) is 0 Å². The number of nitrogens with one attached hydrogen (secondary N) is 2. The minimum Gasteiger partial charge on any atom is -0.508 e. The highest BCUT2D eigenvalue weighted by Gasteiger charge is 2.40. The minimum absolute atomic E-state index is 0. The number of rotatable bonds is 10. The Hall–Kier alpha value is -4.88. The van der Waals surface area contributed by atoms with E-state index in [0.29, 0.717) is 56.5 Å². The quantitative estimate of drug-likeness (QED) is 0.138. The number of cyclic esters (lactones) is 1. The van der Waals surface area contributed by atoms with Gasteiger partial charge in [-0.15, -0.1) is 0 Å². The number of phenols is 1. The summed E-state index contributed by atoms with van der Waals surface area (Å²) in [5.74, 6) is 2.07. The average Bonchev–Trinajstić information content (AvgIpc) is 3.93. The summed E-state index contributed by atoms with van der Waals surface area (Å²) in [6.45, 7) is 11.9. The molecule has 6 bridgehead atoms. The van der Waals surface area contributed by atoms with Gasteiger partial charge in [-0.3, -0.25) is 34.0 Å². The first kappa shape index (κ1) is 61.4. The molecule has 7 rings (SSSR count). The van der Waals surface area contributed by atoms with Crippen LogP contribution in [0.15, 0.2) is 54.7 Å². The molecule has 3 N–H and O–H groups in total. The highest BCUT2D eigenvalue weighted by atomic mass is 32.1. The number of aryl methyl sites for hydroxylation is 1. The molecule has 2 saturated heterocycles. The number of pyridine rings is 1. The molecule has 2 aromatic carbocycles. The number of likely N-dealkylation sites (N-methyl/N-ethyl adjacent to an activating group) is 1. The van der Waals surface area contributed by atoms with Crippen LogP contribution in [0, 0.1) is 29.1 Å². The van der Waals surface area contributed by atoms with Gasteiger partial charge in [-0.2, -0.15) is 54.0 Å². The summed E-state index contributed by atoms with van der Waals surface area (Å²) in [5.41, 5.74) is 9.49. The molecule has 0 spiro atoms. The van der Waals surface area contributed by atoms with Crippen molar-refractivity contribution in [1.29, 1.82) is 0 Å². The Labute approximate surface area is 451 Å². The predicted molar refractivity (Wildman–Crippen MR) is 298 cm³/mol. The number of likely N-dealkylation sites (tertiary alicyclic amines) is 1. The van der Waals surface area contributed by atoms with Gasteiger partial charge < -0.3 is 39.0 Å². The summed E-state index contributed by atoms with van der Waals surface area (Å²) < 4.78 is 18.9. The lowest BCUT2D eigenvalue weighted by atomic mass is 9.84. The van der Waals surface area contributed by atoms with E-state index in [1.54, 1.807) is 32.5 Å². The lowest BCUT2D eigenvalue weighted by Crippen LogP contribution is -2.62. The van der Waals surface area contributed by atoms with Crippen LogP contribution in [-0.4, -0.2) is 131 Å². The molecule has 0 radical (unpaired) electrons. The predicted octanol–water partition coefficient (Wildman–Crippen LogP) is 5.32. The Bertz CT molecular complexity index is 2630. The van der Waals surface area contributed by atoms with E-state index in [1.165, 1.54) is 21.9 Å². The number of fused-ring (bicyclic) bond motifs is 6. The number of aromatic hydroxyl groups is 1. The van der Waals surface area contributed by atoms with Gasteiger partial charge in [-0.05, 0) is 103 Å². The topological polar surface area (TPSA) is 185 Å². The average molecular weight is 1070 g/mol. The van der Waals surface area contributed by atoms with Crippen molar-refractivity contribution < 1.29 is 43.3 Å². The van der Waals surface area contributed by atoms with Crippen molar-refractivity contribution in [3.63, 3.8) is 0 Å². The normalized spacial score (nSPS) is 18.9. The van der Waals surface area contributed by atoms with Crippen LogP contribution in [0.2, 0.25) is 0 Å². The Balaban J connectivity index is 0.00000342. The molecule has 4 amide bonds. The molecule has 16 nitrogen and oxygen atoms in total. The zero-order valence-corrected chi connectivity index (χ0v) is 46.5. The smallest absolute Gasteiger partial charge is 0.324 e. The van der Waals surface area contributed by atoms with Crippen molar-refractivity contribution in [2.75, 3.05) is 54.1 Å². The van der Waals surface area contributed by atoms with Crippen LogP contribution in [0.4, 0.5) is 0 Å². The summed E-state index contributed by atoms with van der Waals surface area (Å²) in [4.78, 5) is 77.6. The molecule has 4 aromatic rings. The van der Waals surface area contributed by atoms with Crippen molar-refractivity contribution >= 4 is 94.5 Å². The molecule has 20 heteroatoms. The number of hydrogen-bond donors (Lipinski definition) is 3. The molecule has 4 atom stereocenters. The first-order valence-corrected chi connectivity index (χ1v) is 23.5. The van der Waals surface area contributed by atoms with E-state index in [1.807, 2.05) is 32.0 Å². The number of phenolic OH excluding ortho intramolecular Hbond substituents is 1. The molecule has 2 fully saturated rings. The van der Waals surface area contributed by atoms with E-state index >= 15 is 0 Å². The number of ether oxygens (including phenoxy) is 3. The van der Waals surface area contributed by atoms with Gasteiger partial charge in [-0.1, -0.05) is 45.7 Å². The number of amides is 4. The fourth-order valence-corrected chi connectivity index (χ4v) is 9.94. The van der Waals surface area contributed by atoms with Crippen molar-refractivity contribution in [3.8, 4) is 40.0 Å². The van der Waals surface area contributed by atoms with Gasteiger partial charge in [0.25, 0.3) is 11.8 Å². The van der Waals surface area contributed by atoms with Gasteiger partial charge in [-0.25, -0.2) is 5.43 Å². The molecule has 2 aromatic heterocycles. The monoisotopic (exact) mass is 1070 g/mol. The minimum atomic E-state index is -1.18. The standard InChI is InChI=1S/C52H65N7O9.4H2S/c1-9-58-44-17-16-34-27-39(44)40(47(58)38-13-10-19-53-43(38)30-67-8)28-52(4,5)31-68-51(65)41-14-11-20-59(55-41)50(64)42(25-33-23-36(34)26-37(60)24-33)54-48(62)46(32(2)3)56(6)49(63)35-18-21-57(29-35)45(61)15-12-22-66-7;;;;/h10,13,16-17,19,23-24,26-27,32,35,41-42,46,55,60H,9,11,14,18,20-22,25,28-31H2,1-8H3,(H,54,62);4*1H2/t35-,41-,42-,46-;;;;/m0..../s1.